The molecular weight excluding hydrogens is 246 g/mol. The van der Waals surface area contributed by atoms with E-state index >= 15 is 0 Å². The number of H-pyrrole nitrogens is 1. The summed E-state index contributed by atoms with van der Waals surface area (Å²) in [6, 6.07) is 5.32. The number of fused-ring (bicyclic) bond motifs is 2. The van der Waals surface area contributed by atoms with Crippen molar-refractivity contribution >= 4 is 11.0 Å². The molecule has 0 saturated heterocycles. The summed E-state index contributed by atoms with van der Waals surface area (Å²) in [7, 11) is 0. The molecule has 2 aromatic rings. The number of hydrogen-bond acceptors (Lipinski definition) is 2. The van der Waals surface area contributed by atoms with Gasteiger partial charge in [-0.3, -0.25) is 0 Å². The molecule has 1 aromatic carbocycles. The van der Waals surface area contributed by atoms with Crippen molar-refractivity contribution in [3.63, 3.8) is 0 Å². The molecule has 3 heteroatoms. The van der Waals surface area contributed by atoms with E-state index in [-0.39, 0.29) is 0 Å². The third kappa shape index (κ3) is 2.59. The van der Waals surface area contributed by atoms with Crippen LogP contribution in [-0.2, 0) is 12.8 Å². The first-order valence-corrected chi connectivity index (χ1v) is 8.00. The predicted molar refractivity (Wildman–Crippen MR) is 84.1 cm³/mol. The number of nitrogens with one attached hydrogen (secondary N) is 1. The second-order valence-electron chi connectivity index (χ2n) is 5.97. The van der Waals surface area contributed by atoms with Crippen molar-refractivity contribution in [3.8, 4) is 0 Å². The molecule has 3 rings (SSSR count). The van der Waals surface area contributed by atoms with Crippen LogP contribution in [0.4, 0.5) is 0 Å². The van der Waals surface area contributed by atoms with E-state index in [1.165, 1.54) is 61.8 Å². The molecule has 20 heavy (non-hydrogen) atoms. The summed E-state index contributed by atoms with van der Waals surface area (Å²) in [5.74, 6) is 0. The number of rotatable bonds is 5. The Balaban J connectivity index is 1.82. The minimum atomic E-state index is 0.725. The highest BCUT2D eigenvalue weighted by molar-refractivity contribution is 5.76. The molecule has 1 unspecified atom stereocenters. The Labute approximate surface area is 121 Å². The Bertz CT molecular complexity index is 567. The third-order valence-electron chi connectivity index (χ3n) is 4.48. The molecule has 0 saturated carbocycles. The monoisotopic (exact) mass is 271 g/mol. The number of hydrogen-bond donors (Lipinski definition) is 1. The van der Waals surface area contributed by atoms with Gasteiger partial charge < -0.3 is 9.88 Å². The van der Waals surface area contributed by atoms with E-state index in [9.17, 15) is 0 Å². The Kier molecular flexibility index (Phi) is 4.06. The van der Waals surface area contributed by atoms with Crippen LogP contribution in [0.15, 0.2) is 18.5 Å². The van der Waals surface area contributed by atoms with Crippen molar-refractivity contribution in [1.82, 2.24) is 14.9 Å². The molecule has 1 atom stereocenters. The van der Waals surface area contributed by atoms with E-state index in [4.69, 9.17) is 0 Å². The van der Waals surface area contributed by atoms with Gasteiger partial charge in [-0.25, -0.2) is 4.98 Å². The number of aryl methyl sites for hydroxylation is 1. The second-order valence-corrected chi connectivity index (χ2v) is 5.97. The zero-order chi connectivity index (χ0) is 13.9. The van der Waals surface area contributed by atoms with Crippen molar-refractivity contribution < 1.29 is 0 Å². The fraction of sp³-hybridized carbons (Fsp3) is 0.588. The Morgan fingerprint density at radius 1 is 1.20 bits per heavy atom. The van der Waals surface area contributed by atoms with Gasteiger partial charge in [0, 0.05) is 6.04 Å². The summed E-state index contributed by atoms with van der Waals surface area (Å²) in [6.45, 7) is 7.04. The van der Waals surface area contributed by atoms with Gasteiger partial charge in [0.1, 0.15) is 0 Å². The van der Waals surface area contributed by atoms with Crippen molar-refractivity contribution in [2.75, 3.05) is 13.1 Å². The maximum atomic E-state index is 4.37. The van der Waals surface area contributed by atoms with Crippen molar-refractivity contribution in [1.29, 1.82) is 0 Å². The maximum Gasteiger partial charge on any atom is 0.0931 e. The average Bonchev–Trinajstić information content (AvgIpc) is 2.91. The van der Waals surface area contributed by atoms with Crippen LogP contribution in [0.3, 0.4) is 0 Å². The van der Waals surface area contributed by atoms with Crippen molar-refractivity contribution in [3.05, 3.63) is 29.6 Å². The zero-order valence-corrected chi connectivity index (χ0v) is 12.7. The quantitative estimate of drug-likeness (QED) is 0.902. The first-order valence-electron chi connectivity index (χ1n) is 8.00. The molecule has 1 aliphatic carbocycles. The summed E-state index contributed by atoms with van der Waals surface area (Å²) in [4.78, 5) is 10.3. The molecule has 3 nitrogen and oxygen atoms in total. The summed E-state index contributed by atoms with van der Waals surface area (Å²) in [6.07, 6.45) is 8.00. The lowest BCUT2D eigenvalue weighted by Gasteiger charge is -2.35. The topological polar surface area (TPSA) is 31.9 Å². The number of imidazole rings is 1. The third-order valence-corrected chi connectivity index (χ3v) is 4.48. The molecule has 0 aliphatic heterocycles. The first-order chi connectivity index (χ1) is 9.81. The second kappa shape index (κ2) is 5.96. The normalized spacial score (nSPS) is 18.6. The molecule has 0 spiro atoms. The van der Waals surface area contributed by atoms with Crippen LogP contribution in [0, 0.1) is 0 Å². The Morgan fingerprint density at radius 3 is 2.75 bits per heavy atom. The average molecular weight is 271 g/mol. The van der Waals surface area contributed by atoms with Crippen molar-refractivity contribution in [2.45, 2.75) is 52.0 Å². The van der Waals surface area contributed by atoms with Gasteiger partial charge in [0.25, 0.3) is 0 Å². The first kappa shape index (κ1) is 13.6. The van der Waals surface area contributed by atoms with Crippen LogP contribution >= 0.6 is 0 Å². The van der Waals surface area contributed by atoms with Gasteiger partial charge >= 0.3 is 0 Å². The van der Waals surface area contributed by atoms with Crippen LogP contribution in [-0.4, -0.2) is 34.0 Å². The summed E-state index contributed by atoms with van der Waals surface area (Å²) in [5, 5.41) is 0. The van der Waals surface area contributed by atoms with Crippen LogP contribution in [0.2, 0.25) is 0 Å². The summed E-state index contributed by atoms with van der Waals surface area (Å²) >= 11 is 0. The summed E-state index contributed by atoms with van der Waals surface area (Å²) < 4.78 is 0. The highest BCUT2D eigenvalue weighted by Gasteiger charge is 2.23. The minimum absolute atomic E-state index is 0.725. The lowest BCUT2D eigenvalue weighted by Crippen LogP contribution is -2.40. The molecule has 0 amide bonds. The van der Waals surface area contributed by atoms with Crippen LogP contribution in [0.25, 0.3) is 11.0 Å². The lowest BCUT2D eigenvalue weighted by atomic mass is 9.87. The van der Waals surface area contributed by atoms with Gasteiger partial charge in [0.2, 0.25) is 0 Å². The minimum Gasteiger partial charge on any atom is -0.345 e. The molecule has 0 bridgehead atoms. The van der Waals surface area contributed by atoms with Gasteiger partial charge in [-0.1, -0.05) is 13.8 Å². The molecular formula is C17H25N3. The lowest BCUT2D eigenvalue weighted by molar-refractivity contribution is 0.180. The maximum absolute atomic E-state index is 4.37. The zero-order valence-electron chi connectivity index (χ0n) is 12.7. The van der Waals surface area contributed by atoms with E-state index in [0.29, 0.717) is 0 Å². The van der Waals surface area contributed by atoms with Gasteiger partial charge in [-0.2, -0.15) is 0 Å². The van der Waals surface area contributed by atoms with Gasteiger partial charge in [0.15, 0.2) is 0 Å². The van der Waals surface area contributed by atoms with E-state index in [0.717, 1.165) is 11.6 Å². The number of nitrogens with zero attached hydrogens (tertiary/aromatic N) is 2. The molecule has 0 radical (unpaired) electrons. The SMILES string of the molecule is CCCN(CCC)C1CCc2cc3nc[nH]c3cc2C1. The van der Waals surface area contributed by atoms with Crippen LogP contribution < -0.4 is 0 Å². The Hall–Kier alpha value is -1.35. The van der Waals surface area contributed by atoms with E-state index < -0.39 is 0 Å². The van der Waals surface area contributed by atoms with Crippen LogP contribution in [0.5, 0.6) is 0 Å². The largest absolute Gasteiger partial charge is 0.345 e. The Morgan fingerprint density at radius 2 is 2.00 bits per heavy atom. The van der Waals surface area contributed by atoms with E-state index in [1.807, 2.05) is 0 Å². The number of aromatic nitrogens is 2. The van der Waals surface area contributed by atoms with E-state index in [1.54, 1.807) is 6.33 Å². The fourth-order valence-corrected chi connectivity index (χ4v) is 3.53. The molecule has 1 heterocycles. The predicted octanol–water partition coefficient (Wildman–Crippen LogP) is 3.54. The molecule has 1 aliphatic rings. The van der Waals surface area contributed by atoms with E-state index in [2.05, 4.69) is 40.8 Å². The summed E-state index contributed by atoms with van der Waals surface area (Å²) in [5.41, 5.74) is 5.33. The molecule has 0 fully saturated rings. The molecule has 108 valence electrons. The van der Waals surface area contributed by atoms with Crippen molar-refractivity contribution in [2.24, 2.45) is 0 Å². The molecule has 1 N–H and O–H groups in total. The number of aromatic amines is 1. The number of benzene rings is 1. The standard InChI is InChI=1S/C17H25N3/c1-3-7-20(8-4-2)15-6-5-13-10-16-17(19-12-18-16)11-14(13)9-15/h10-12,15H,3-9H2,1-2H3,(H,18,19). The van der Waals surface area contributed by atoms with Crippen LogP contribution in [0.1, 0.15) is 44.2 Å². The fourth-order valence-electron chi connectivity index (χ4n) is 3.53. The smallest absolute Gasteiger partial charge is 0.0931 e. The van der Waals surface area contributed by atoms with Gasteiger partial charge in [-0.15, -0.1) is 0 Å². The highest BCUT2D eigenvalue weighted by Crippen LogP contribution is 2.28. The van der Waals surface area contributed by atoms with Gasteiger partial charge in [-0.05, 0) is 68.5 Å². The highest BCUT2D eigenvalue weighted by atomic mass is 15.1. The van der Waals surface area contributed by atoms with Gasteiger partial charge in [0.05, 0.1) is 17.4 Å². The molecule has 1 aromatic heterocycles.